The van der Waals surface area contributed by atoms with E-state index in [2.05, 4.69) is 15.6 Å². The molecule has 0 bridgehead atoms. The molecule has 2 N–H and O–H groups in total. The Hall–Kier alpha value is -2.30. The molecule has 0 fully saturated rings. The minimum absolute atomic E-state index is 0.461. The largest absolute Gasteiger partial charge is 0.444 e. The van der Waals surface area contributed by atoms with Crippen LogP contribution in [0.15, 0.2) is 24.5 Å². The molecule has 0 unspecified atom stereocenters. The Labute approximate surface area is 124 Å². The van der Waals surface area contributed by atoms with Crippen molar-refractivity contribution < 1.29 is 9.53 Å². The summed E-state index contributed by atoms with van der Waals surface area (Å²) in [6, 6.07) is 3.81. The number of carbonyl (C=O) groups is 1. The van der Waals surface area contributed by atoms with Gasteiger partial charge in [0, 0.05) is 35.9 Å². The highest BCUT2D eigenvalue weighted by atomic mass is 16.6. The first-order valence-corrected chi connectivity index (χ1v) is 6.87. The summed E-state index contributed by atoms with van der Waals surface area (Å²) < 4.78 is 5.31. The van der Waals surface area contributed by atoms with E-state index in [1.807, 2.05) is 46.9 Å². The quantitative estimate of drug-likeness (QED) is 0.878. The van der Waals surface area contributed by atoms with Gasteiger partial charge >= 0.3 is 6.09 Å². The van der Waals surface area contributed by atoms with Crippen LogP contribution in [0.25, 0.3) is 10.8 Å². The summed E-state index contributed by atoms with van der Waals surface area (Å²) in [6.45, 7) is 7.50. The predicted octanol–water partition coefficient (Wildman–Crippen LogP) is 3.93. The van der Waals surface area contributed by atoms with Crippen LogP contribution in [0.5, 0.6) is 0 Å². The summed E-state index contributed by atoms with van der Waals surface area (Å²) in [4.78, 5) is 16.1. The van der Waals surface area contributed by atoms with Crippen molar-refractivity contribution in [2.24, 2.45) is 0 Å². The maximum Gasteiger partial charge on any atom is 0.412 e. The third-order valence-corrected chi connectivity index (χ3v) is 3.02. The number of nitrogens with one attached hydrogen (secondary N) is 2. The van der Waals surface area contributed by atoms with Crippen molar-refractivity contribution >= 4 is 28.2 Å². The standard InChI is InChI=1S/C16H21N3O2/c1-10-8-13(19-15(20)21-16(2,3)4)11-6-7-18-9-12(11)14(10)17-5/h6-9,17H,1-5H3,(H,19,20). The first kappa shape index (κ1) is 15.1. The lowest BCUT2D eigenvalue weighted by atomic mass is 10.0. The molecule has 1 aromatic carbocycles. The van der Waals surface area contributed by atoms with E-state index in [-0.39, 0.29) is 0 Å². The molecule has 5 nitrogen and oxygen atoms in total. The van der Waals surface area contributed by atoms with Crippen molar-refractivity contribution in [3.05, 3.63) is 30.1 Å². The topological polar surface area (TPSA) is 63.2 Å². The van der Waals surface area contributed by atoms with Gasteiger partial charge in [-0.25, -0.2) is 4.79 Å². The lowest BCUT2D eigenvalue weighted by molar-refractivity contribution is 0.0636. The molecule has 5 heteroatoms. The molecule has 0 atom stereocenters. The molecule has 0 aliphatic carbocycles. The van der Waals surface area contributed by atoms with Crippen molar-refractivity contribution in [3.8, 4) is 0 Å². The SMILES string of the molecule is CNc1c(C)cc(NC(=O)OC(C)(C)C)c2ccncc12. The molecule has 1 aromatic heterocycles. The molecule has 2 aromatic rings. The number of amides is 1. The summed E-state index contributed by atoms with van der Waals surface area (Å²) in [6.07, 6.45) is 3.03. The Morgan fingerprint density at radius 1 is 1.29 bits per heavy atom. The van der Waals surface area contributed by atoms with E-state index in [1.165, 1.54) is 0 Å². The minimum Gasteiger partial charge on any atom is -0.444 e. The van der Waals surface area contributed by atoms with Crippen molar-refractivity contribution in [2.75, 3.05) is 17.7 Å². The molecule has 0 radical (unpaired) electrons. The van der Waals surface area contributed by atoms with Crippen molar-refractivity contribution in [2.45, 2.75) is 33.3 Å². The van der Waals surface area contributed by atoms with Crippen LogP contribution in [0.1, 0.15) is 26.3 Å². The van der Waals surface area contributed by atoms with Crippen LogP contribution in [-0.2, 0) is 4.74 Å². The van der Waals surface area contributed by atoms with E-state index in [9.17, 15) is 4.79 Å². The second kappa shape index (κ2) is 5.60. The summed E-state index contributed by atoms with van der Waals surface area (Å²) >= 11 is 0. The van der Waals surface area contributed by atoms with Gasteiger partial charge in [-0.2, -0.15) is 0 Å². The van der Waals surface area contributed by atoms with Gasteiger partial charge in [-0.1, -0.05) is 0 Å². The first-order chi connectivity index (χ1) is 9.81. The van der Waals surface area contributed by atoms with Crippen LogP contribution < -0.4 is 10.6 Å². The van der Waals surface area contributed by atoms with Crippen LogP contribution >= 0.6 is 0 Å². The normalized spacial score (nSPS) is 11.3. The number of aromatic nitrogens is 1. The van der Waals surface area contributed by atoms with Crippen LogP contribution in [-0.4, -0.2) is 23.7 Å². The fourth-order valence-corrected chi connectivity index (χ4v) is 2.26. The number of rotatable bonds is 2. The highest BCUT2D eigenvalue weighted by Gasteiger charge is 2.18. The molecule has 0 aliphatic heterocycles. The molecule has 1 heterocycles. The van der Waals surface area contributed by atoms with Crippen LogP contribution in [0.2, 0.25) is 0 Å². The molecule has 112 valence electrons. The van der Waals surface area contributed by atoms with E-state index in [0.717, 1.165) is 27.7 Å². The number of carbonyl (C=O) groups excluding carboxylic acids is 1. The van der Waals surface area contributed by atoms with Crippen molar-refractivity contribution in [3.63, 3.8) is 0 Å². The predicted molar refractivity (Wildman–Crippen MR) is 85.9 cm³/mol. The number of aryl methyl sites for hydroxylation is 1. The maximum absolute atomic E-state index is 12.0. The molecule has 0 aliphatic rings. The van der Waals surface area contributed by atoms with Gasteiger partial charge in [-0.05, 0) is 45.4 Å². The summed E-state index contributed by atoms with van der Waals surface area (Å²) in [5.41, 5.74) is 2.23. The molecule has 2 rings (SSSR count). The second-order valence-electron chi connectivity index (χ2n) is 5.91. The van der Waals surface area contributed by atoms with Gasteiger partial charge in [-0.3, -0.25) is 10.3 Å². The second-order valence-corrected chi connectivity index (χ2v) is 5.91. The Kier molecular flexibility index (Phi) is 4.02. The van der Waals surface area contributed by atoms with Crippen molar-refractivity contribution in [1.29, 1.82) is 0 Å². The minimum atomic E-state index is -0.526. The lowest BCUT2D eigenvalue weighted by Gasteiger charge is -2.21. The number of hydrogen-bond acceptors (Lipinski definition) is 4. The third-order valence-electron chi connectivity index (χ3n) is 3.02. The van der Waals surface area contributed by atoms with E-state index in [4.69, 9.17) is 4.74 Å². The summed E-state index contributed by atoms with van der Waals surface area (Å²) in [5, 5.41) is 7.88. The van der Waals surface area contributed by atoms with Crippen molar-refractivity contribution in [1.82, 2.24) is 4.98 Å². The Bertz CT molecular complexity index is 675. The number of anilines is 2. The average Bonchev–Trinajstić information content (AvgIpc) is 2.36. The Balaban J connectivity index is 2.43. The van der Waals surface area contributed by atoms with Gasteiger partial charge in [0.05, 0.1) is 5.69 Å². The fourth-order valence-electron chi connectivity index (χ4n) is 2.26. The lowest BCUT2D eigenvalue weighted by Crippen LogP contribution is -2.27. The number of pyridine rings is 1. The van der Waals surface area contributed by atoms with Gasteiger partial charge in [0.1, 0.15) is 5.60 Å². The molecular formula is C16H21N3O2. The van der Waals surface area contributed by atoms with Crippen LogP contribution in [0, 0.1) is 6.92 Å². The fraction of sp³-hybridized carbons (Fsp3) is 0.375. The zero-order valence-corrected chi connectivity index (χ0v) is 13.1. The number of hydrogen-bond donors (Lipinski definition) is 2. The number of ether oxygens (including phenoxy) is 1. The molecule has 0 saturated carbocycles. The van der Waals surface area contributed by atoms with E-state index in [1.54, 1.807) is 12.4 Å². The highest BCUT2D eigenvalue weighted by Crippen LogP contribution is 2.32. The maximum atomic E-state index is 12.0. The monoisotopic (exact) mass is 287 g/mol. The van der Waals surface area contributed by atoms with Crippen LogP contribution in [0.4, 0.5) is 16.2 Å². The van der Waals surface area contributed by atoms with Gasteiger partial charge in [0.25, 0.3) is 0 Å². The number of nitrogens with zero attached hydrogens (tertiary/aromatic N) is 1. The van der Waals surface area contributed by atoms with Gasteiger partial charge < -0.3 is 10.1 Å². The highest BCUT2D eigenvalue weighted by molar-refractivity contribution is 6.06. The summed E-state index contributed by atoms with van der Waals surface area (Å²) in [5.74, 6) is 0. The van der Waals surface area contributed by atoms with Gasteiger partial charge in [-0.15, -0.1) is 0 Å². The zero-order valence-electron chi connectivity index (χ0n) is 13.1. The van der Waals surface area contributed by atoms with Gasteiger partial charge in [0.15, 0.2) is 0 Å². The first-order valence-electron chi connectivity index (χ1n) is 6.87. The third kappa shape index (κ3) is 3.42. The number of fused-ring (bicyclic) bond motifs is 1. The molecule has 21 heavy (non-hydrogen) atoms. The van der Waals surface area contributed by atoms with E-state index >= 15 is 0 Å². The molecular weight excluding hydrogens is 266 g/mol. The van der Waals surface area contributed by atoms with Crippen LogP contribution in [0.3, 0.4) is 0 Å². The average molecular weight is 287 g/mol. The number of benzene rings is 1. The molecule has 0 spiro atoms. The van der Waals surface area contributed by atoms with E-state index < -0.39 is 11.7 Å². The smallest absolute Gasteiger partial charge is 0.412 e. The molecule has 0 saturated heterocycles. The summed E-state index contributed by atoms with van der Waals surface area (Å²) in [7, 11) is 1.87. The van der Waals surface area contributed by atoms with E-state index in [0.29, 0.717) is 0 Å². The van der Waals surface area contributed by atoms with Gasteiger partial charge in [0.2, 0.25) is 0 Å². The Morgan fingerprint density at radius 2 is 2.00 bits per heavy atom. The Morgan fingerprint density at radius 3 is 2.62 bits per heavy atom. The molecule has 1 amide bonds. The zero-order chi connectivity index (χ0) is 15.6.